The Bertz CT molecular complexity index is 1060. The lowest BCUT2D eigenvalue weighted by atomic mass is 9.81. The molecule has 7 heteroatoms. The molecule has 0 spiro atoms. The summed E-state index contributed by atoms with van der Waals surface area (Å²) < 4.78 is 0. The van der Waals surface area contributed by atoms with Crippen molar-refractivity contribution in [3.05, 3.63) is 108 Å². The number of benzene rings is 3. The van der Waals surface area contributed by atoms with Gasteiger partial charge in [-0.15, -0.1) is 0 Å². The molecule has 34 heavy (non-hydrogen) atoms. The van der Waals surface area contributed by atoms with E-state index in [1.807, 2.05) is 91.0 Å². The third kappa shape index (κ3) is 7.86. The Labute approximate surface area is 198 Å². The first-order chi connectivity index (χ1) is 16.5. The Balaban J connectivity index is 1.82. The maximum absolute atomic E-state index is 13.3. The molecule has 3 N–H and O–H groups in total. The number of carbonyl (C=O) groups excluding carboxylic acids is 2. The third-order valence-corrected chi connectivity index (χ3v) is 5.42. The van der Waals surface area contributed by atoms with Gasteiger partial charge in [-0.05, 0) is 29.5 Å². The molecule has 0 aliphatic heterocycles. The molecule has 0 unspecified atom stereocenters. The van der Waals surface area contributed by atoms with Gasteiger partial charge in [-0.25, -0.2) is 5.48 Å². The van der Waals surface area contributed by atoms with Crippen molar-refractivity contribution < 1.29 is 24.3 Å². The van der Waals surface area contributed by atoms with Crippen LogP contribution >= 0.6 is 0 Å². The fourth-order valence-corrected chi connectivity index (χ4v) is 3.71. The van der Waals surface area contributed by atoms with Crippen LogP contribution in [-0.4, -0.2) is 29.4 Å². The molecule has 0 saturated carbocycles. The number of hydrogen-bond donors (Lipinski definition) is 3. The summed E-state index contributed by atoms with van der Waals surface area (Å²) >= 11 is 0. The van der Waals surface area contributed by atoms with Crippen molar-refractivity contribution in [2.75, 3.05) is 6.54 Å². The number of hydrogen-bond acceptors (Lipinski definition) is 4. The standard InChI is InChI=1S/C27H28N2O5/c30-25(31)18-28-26(32)23(16-20-10-4-1-5-11-20)24(17-21-12-6-2-7-13-21)27(33)29-34-19-22-14-8-3-9-15-22/h1-15,23-24H,16-19H2,(H,28,32)(H,29,33)(H,30,31)/t23-,24-/m1/s1. The van der Waals surface area contributed by atoms with Crippen molar-refractivity contribution in [1.29, 1.82) is 0 Å². The highest BCUT2D eigenvalue weighted by atomic mass is 16.6. The average Bonchev–Trinajstić information content (AvgIpc) is 2.86. The summed E-state index contributed by atoms with van der Waals surface area (Å²) in [4.78, 5) is 42.9. The van der Waals surface area contributed by atoms with E-state index in [0.717, 1.165) is 16.7 Å². The number of carboxylic acids is 1. The van der Waals surface area contributed by atoms with Crippen LogP contribution in [0.5, 0.6) is 0 Å². The van der Waals surface area contributed by atoms with Crippen LogP contribution in [0.15, 0.2) is 91.0 Å². The van der Waals surface area contributed by atoms with Gasteiger partial charge in [-0.1, -0.05) is 91.0 Å². The largest absolute Gasteiger partial charge is 0.480 e. The van der Waals surface area contributed by atoms with Crippen molar-refractivity contribution in [3.63, 3.8) is 0 Å². The summed E-state index contributed by atoms with van der Waals surface area (Å²) in [5.74, 6) is -3.67. The fraction of sp³-hybridized carbons (Fsp3) is 0.222. The SMILES string of the molecule is O=C(O)CNC(=O)[C@H](Cc1ccccc1)[C@@H](Cc1ccccc1)C(=O)NOCc1ccccc1. The van der Waals surface area contributed by atoms with E-state index >= 15 is 0 Å². The first kappa shape index (κ1) is 24.7. The van der Waals surface area contributed by atoms with Crippen LogP contribution in [0.4, 0.5) is 0 Å². The van der Waals surface area contributed by atoms with Gasteiger partial charge < -0.3 is 10.4 Å². The first-order valence-electron chi connectivity index (χ1n) is 11.1. The van der Waals surface area contributed by atoms with Crippen molar-refractivity contribution in [1.82, 2.24) is 10.8 Å². The van der Waals surface area contributed by atoms with Gasteiger partial charge in [-0.2, -0.15) is 0 Å². The number of amides is 2. The Hall–Kier alpha value is -3.97. The molecule has 0 saturated heterocycles. The lowest BCUT2D eigenvalue weighted by molar-refractivity contribution is -0.145. The van der Waals surface area contributed by atoms with Crippen LogP contribution in [0.2, 0.25) is 0 Å². The lowest BCUT2D eigenvalue weighted by Crippen LogP contribution is -2.45. The summed E-state index contributed by atoms with van der Waals surface area (Å²) in [7, 11) is 0. The molecular weight excluding hydrogens is 432 g/mol. The highest BCUT2D eigenvalue weighted by Crippen LogP contribution is 2.23. The maximum atomic E-state index is 13.3. The Kier molecular flexibility index (Phi) is 9.37. The molecule has 0 aliphatic carbocycles. The van der Waals surface area contributed by atoms with E-state index in [-0.39, 0.29) is 13.0 Å². The monoisotopic (exact) mass is 460 g/mol. The fourth-order valence-electron chi connectivity index (χ4n) is 3.71. The van der Waals surface area contributed by atoms with Gasteiger partial charge in [0.2, 0.25) is 11.8 Å². The molecule has 3 aromatic carbocycles. The zero-order valence-corrected chi connectivity index (χ0v) is 18.7. The molecule has 0 aliphatic rings. The molecule has 176 valence electrons. The van der Waals surface area contributed by atoms with E-state index in [2.05, 4.69) is 10.8 Å². The van der Waals surface area contributed by atoms with E-state index in [0.29, 0.717) is 6.42 Å². The molecule has 2 amide bonds. The van der Waals surface area contributed by atoms with Crippen LogP contribution in [-0.2, 0) is 38.7 Å². The molecule has 3 rings (SSSR count). The summed E-state index contributed by atoms with van der Waals surface area (Å²) in [6.45, 7) is -0.340. The van der Waals surface area contributed by atoms with Gasteiger partial charge in [0.05, 0.1) is 18.4 Å². The van der Waals surface area contributed by atoms with Crippen LogP contribution < -0.4 is 10.8 Å². The Morgan fingerprint density at radius 2 is 1.12 bits per heavy atom. The summed E-state index contributed by atoms with van der Waals surface area (Å²) in [6.07, 6.45) is 0.565. The third-order valence-electron chi connectivity index (χ3n) is 5.42. The minimum atomic E-state index is -1.15. The lowest BCUT2D eigenvalue weighted by Gasteiger charge is -2.26. The smallest absolute Gasteiger partial charge is 0.322 e. The molecule has 0 heterocycles. The molecule has 0 bridgehead atoms. The molecule has 3 aromatic rings. The zero-order valence-electron chi connectivity index (χ0n) is 18.7. The van der Waals surface area contributed by atoms with Gasteiger partial charge >= 0.3 is 5.97 Å². The van der Waals surface area contributed by atoms with Crippen LogP contribution in [0, 0.1) is 11.8 Å². The van der Waals surface area contributed by atoms with Gasteiger partial charge in [0.25, 0.3) is 0 Å². The predicted molar refractivity (Wildman–Crippen MR) is 127 cm³/mol. The summed E-state index contributed by atoms with van der Waals surface area (Å²) in [5.41, 5.74) is 5.15. The van der Waals surface area contributed by atoms with Crippen molar-refractivity contribution in [2.24, 2.45) is 11.8 Å². The number of hydroxylamine groups is 1. The second-order valence-electron chi connectivity index (χ2n) is 7.94. The normalized spacial score (nSPS) is 12.4. The summed E-state index contributed by atoms with van der Waals surface area (Å²) in [6, 6.07) is 28.1. The average molecular weight is 461 g/mol. The molecule has 2 atom stereocenters. The number of rotatable bonds is 12. The van der Waals surface area contributed by atoms with E-state index in [1.54, 1.807) is 0 Å². The number of carbonyl (C=O) groups is 3. The van der Waals surface area contributed by atoms with Crippen LogP contribution in [0.25, 0.3) is 0 Å². The highest BCUT2D eigenvalue weighted by molar-refractivity contribution is 5.89. The Morgan fingerprint density at radius 1 is 0.676 bits per heavy atom. The topological polar surface area (TPSA) is 105 Å². The second kappa shape index (κ2) is 12.9. The highest BCUT2D eigenvalue weighted by Gasteiger charge is 2.34. The van der Waals surface area contributed by atoms with Crippen LogP contribution in [0.1, 0.15) is 16.7 Å². The molecular formula is C27H28N2O5. The van der Waals surface area contributed by atoms with E-state index in [4.69, 9.17) is 9.94 Å². The quantitative estimate of drug-likeness (QED) is 0.360. The van der Waals surface area contributed by atoms with E-state index < -0.39 is 36.2 Å². The van der Waals surface area contributed by atoms with Gasteiger partial charge in [-0.3, -0.25) is 19.2 Å². The van der Waals surface area contributed by atoms with E-state index in [1.165, 1.54) is 0 Å². The minimum Gasteiger partial charge on any atom is -0.480 e. The number of carboxylic acid groups (broad SMARTS) is 1. The number of nitrogens with one attached hydrogen (secondary N) is 2. The molecule has 0 aromatic heterocycles. The van der Waals surface area contributed by atoms with Crippen molar-refractivity contribution in [3.8, 4) is 0 Å². The van der Waals surface area contributed by atoms with Gasteiger partial charge in [0.1, 0.15) is 6.54 Å². The predicted octanol–water partition coefficient (Wildman–Crippen LogP) is 3.15. The van der Waals surface area contributed by atoms with Gasteiger partial charge in [0.15, 0.2) is 0 Å². The Morgan fingerprint density at radius 3 is 1.59 bits per heavy atom. The first-order valence-corrected chi connectivity index (χ1v) is 11.1. The minimum absolute atomic E-state index is 0.180. The molecule has 7 nitrogen and oxygen atoms in total. The number of aliphatic carboxylic acids is 1. The van der Waals surface area contributed by atoms with Crippen molar-refractivity contribution >= 4 is 17.8 Å². The van der Waals surface area contributed by atoms with Crippen LogP contribution in [0.3, 0.4) is 0 Å². The second-order valence-corrected chi connectivity index (χ2v) is 7.94. The summed E-state index contributed by atoms with van der Waals surface area (Å²) in [5, 5.41) is 11.5. The molecule has 0 radical (unpaired) electrons. The molecule has 0 fully saturated rings. The maximum Gasteiger partial charge on any atom is 0.322 e. The zero-order chi connectivity index (χ0) is 24.2. The van der Waals surface area contributed by atoms with Crippen molar-refractivity contribution in [2.45, 2.75) is 19.4 Å². The van der Waals surface area contributed by atoms with E-state index in [9.17, 15) is 14.4 Å². The van der Waals surface area contributed by atoms with Gasteiger partial charge in [0, 0.05) is 0 Å².